The smallest absolute Gasteiger partial charge is 0.272 e. The van der Waals surface area contributed by atoms with Crippen molar-refractivity contribution in [2.75, 3.05) is 20.6 Å². The number of likely N-dealkylation sites (N-methyl/N-ethyl adjacent to an activating group) is 1. The van der Waals surface area contributed by atoms with E-state index in [9.17, 15) is 9.59 Å². The highest BCUT2D eigenvalue weighted by molar-refractivity contribution is 6.31. The topological polar surface area (TPSA) is 87.3 Å². The summed E-state index contributed by atoms with van der Waals surface area (Å²) in [5, 5.41) is 10.9. The number of amides is 2. The van der Waals surface area contributed by atoms with Gasteiger partial charge in [-0.05, 0) is 31.0 Å². The Kier molecular flexibility index (Phi) is 4.73. The molecule has 2 unspecified atom stereocenters. The summed E-state index contributed by atoms with van der Waals surface area (Å²) < 4.78 is 5.70. The molecule has 8 heteroatoms. The van der Waals surface area contributed by atoms with Crippen molar-refractivity contribution < 1.29 is 14.3 Å². The number of carbonyl (C=O) groups excluding carboxylic acids is 2. The minimum absolute atomic E-state index is 0.0447. The summed E-state index contributed by atoms with van der Waals surface area (Å²) in [6.07, 6.45) is 0.805. The number of fused-ring (bicyclic) bond motifs is 1. The average Bonchev–Trinajstić information content (AvgIpc) is 3.18. The quantitative estimate of drug-likeness (QED) is 0.876. The van der Waals surface area contributed by atoms with Crippen molar-refractivity contribution in [3.63, 3.8) is 0 Å². The predicted molar refractivity (Wildman–Crippen MR) is 90.0 cm³/mol. The van der Waals surface area contributed by atoms with Crippen LogP contribution in [0.3, 0.4) is 0 Å². The van der Waals surface area contributed by atoms with Crippen LogP contribution in [-0.2, 0) is 9.53 Å². The van der Waals surface area contributed by atoms with Gasteiger partial charge in [0.2, 0.25) is 0 Å². The maximum atomic E-state index is 12.3. The molecule has 7 nitrogen and oxygen atoms in total. The number of hydrogen-bond acceptors (Lipinski definition) is 4. The number of hydrogen-bond donors (Lipinski definition) is 2. The molecule has 24 heavy (non-hydrogen) atoms. The maximum Gasteiger partial charge on any atom is 0.272 e. The molecule has 0 aliphatic carbocycles. The molecule has 2 amide bonds. The first-order valence-electron chi connectivity index (χ1n) is 7.74. The highest BCUT2D eigenvalue weighted by atomic mass is 35.5. The van der Waals surface area contributed by atoms with E-state index in [1.165, 1.54) is 4.90 Å². The Labute approximate surface area is 144 Å². The van der Waals surface area contributed by atoms with Crippen molar-refractivity contribution in [1.82, 2.24) is 20.4 Å². The van der Waals surface area contributed by atoms with Gasteiger partial charge in [-0.25, -0.2) is 0 Å². The number of benzene rings is 1. The molecule has 1 aliphatic rings. The number of aromatic nitrogens is 2. The van der Waals surface area contributed by atoms with Crippen LogP contribution in [0.25, 0.3) is 10.9 Å². The van der Waals surface area contributed by atoms with Crippen molar-refractivity contribution in [3.8, 4) is 0 Å². The Morgan fingerprint density at radius 2 is 2.21 bits per heavy atom. The van der Waals surface area contributed by atoms with Gasteiger partial charge in [0.05, 0.1) is 11.6 Å². The fourth-order valence-corrected chi connectivity index (χ4v) is 2.95. The Bertz CT molecular complexity index is 774. The van der Waals surface area contributed by atoms with Crippen LogP contribution in [0.2, 0.25) is 5.02 Å². The van der Waals surface area contributed by atoms with Crippen LogP contribution in [0, 0.1) is 0 Å². The van der Waals surface area contributed by atoms with Crippen LogP contribution in [0.4, 0.5) is 0 Å². The Morgan fingerprint density at radius 1 is 1.42 bits per heavy atom. The summed E-state index contributed by atoms with van der Waals surface area (Å²) in [4.78, 5) is 25.7. The van der Waals surface area contributed by atoms with E-state index in [0.717, 1.165) is 11.9 Å². The molecule has 2 N–H and O–H groups in total. The molecule has 0 spiro atoms. The van der Waals surface area contributed by atoms with Crippen molar-refractivity contribution in [2.24, 2.45) is 0 Å². The summed E-state index contributed by atoms with van der Waals surface area (Å²) in [7, 11) is 3.41. The van der Waals surface area contributed by atoms with E-state index in [-0.39, 0.29) is 17.9 Å². The molecule has 0 saturated carbocycles. The number of ether oxygens (including phenoxy) is 1. The molecule has 1 saturated heterocycles. The molecule has 1 aliphatic heterocycles. The zero-order chi connectivity index (χ0) is 17.3. The van der Waals surface area contributed by atoms with E-state index >= 15 is 0 Å². The van der Waals surface area contributed by atoms with E-state index in [2.05, 4.69) is 15.5 Å². The van der Waals surface area contributed by atoms with Gasteiger partial charge >= 0.3 is 0 Å². The third kappa shape index (κ3) is 3.37. The molecule has 2 heterocycles. The second-order valence-electron chi connectivity index (χ2n) is 6.03. The first kappa shape index (κ1) is 16.7. The van der Waals surface area contributed by atoms with Gasteiger partial charge in [0.1, 0.15) is 6.10 Å². The van der Waals surface area contributed by atoms with Crippen molar-refractivity contribution in [1.29, 1.82) is 0 Å². The van der Waals surface area contributed by atoms with E-state index in [0.29, 0.717) is 29.1 Å². The maximum absolute atomic E-state index is 12.3. The summed E-state index contributed by atoms with van der Waals surface area (Å²) in [6.45, 7) is 0.338. The third-order valence-corrected chi connectivity index (χ3v) is 4.29. The fourth-order valence-electron chi connectivity index (χ4n) is 2.78. The van der Waals surface area contributed by atoms with Gasteiger partial charge < -0.3 is 15.0 Å². The minimum Gasteiger partial charge on any atom is -0.363 e. The number of aromatic amines is 1. The molecule has 128 valence electrons. The summed E-state index contributed by atoms with van der Waals surface area (Å²) in [5.41, 5.74) is 1.05. The van der Waals surface area contributed by atoms with Gasteiger partial charge in [0.15, 0.2) is 5.69 Å². The van der Waals surface area contributed by atoms with Crippen molar-refractivity contribution in [2.45, 2.75) is 25.0 Å². The Balaban J connectivity index is 1.60. The van der Waals surface area contributed by atoms with Gasteiger partial charge in [0, 0.05) is 31.0 Å². The van der Waals surface area contributed by atoms with Crippen LogP contribution in [0.1, 0.15) is 23.3 Å². The minimum atomic E-state index is -0.424. The molecular formula is C16H19ClN4O3. The van der Waals surface area contributed by atoms with E-state index in [1.54, 1.807) is 32.3 Å². The Morgan fingerprint density at radius 3 is 2.96 bits per heavy atom. The molecular weight excluding hydrogens is 332 g/mol. The number of rotatable bonds is 4. The number of H-pyrrole nitrogens is 1. The van der Waals surface area contributed by atoms with Gasteiger partial charge in [0.25, 0.3) is 11.8 Å². The van der Waals surface area contributed by atoms with Crippen LogP contribution in [-0.4, -0.2) is 59.8 Å². The number of nitrogens with zero attached hydrogens (tertiary/aromatic N) is 2. The normalized spacial score (nSPS) is 20.3. The molecule has 3 rings (SSSR count). The lowest BCUT2D eigenvalue weighted by Crippen LogP contribution is -2.36. The van der Waals surface area contributed by atoms with Crippen LogP contribution >= 0.6 is 11.6 Å². The Hall–Kier alpha value is -2.12. The largest absolute Gasteiger partial charge is 0.363 e. The average molecular weight is 351 g/mol. The molecule has 1 fully saturated rings. The molecule has 2 aromatic rings. The number of halogens is 1. The first-order valence-corrected chi connectivity index (χ1v) is 8.12. The van der Waals surface area contributed by atoms with E-state index in [4.69, 9.17) is 16.3 Å². The van der Waals surface area contributed by atoms with Crippen molar-refractivity contribution in [3.05, 3.63) is 28.9 Å². The summed E-state index contributed by atoms with van der Waals surface area (Å²) in [5.74, 6) is -0.341. The van der Waals surface area contributed by atoms with Gasteiger partial charge in [-0.3, -0.25) is 14.7 Å². The van der Waals surface area contributed by atoms with Crippen LogP contribution in [0.5, 0.6) is 0 Å². The highest BCUT2D eigenvalue weighted by Crippen LogP contribution is 2.22. The first-order chi connectivity index (χ1) is 11.5. The second-order valence-corrected chi connectivity index (χ2v) is 6.47. The van der Waals surface area contributed by atoms with Crippen molar-refractivity contribution >= 4 is 34.3 Å². The zero-order valence-electron chi connectivity index (χ0n) is 13.5. The standard InChI is InChI=1S/C16H19ClN4O3/c1-21(2)16(23)13-6-4-10(24-13)8-18-15(22)14-11-7-9(17)3-5-12(11)19-20-14/h3,5,7,10,13H,4,6,8H2,1-2H3,(H,18,22)(H,19,20). The van der Waals surface area contributed by atoms with Gasteiger partial charge in [-0.15, -0.1) is 0 Å². The highest BCUT2D eigenvalue weighted by Gasteiger charge is 2.31. The summed E-state index contributed by atoms with van der Waals surface area (Å²) >= 11 is 5.97. The van der Waals surface area contributed by atoms with Crippen LogP contribution < -0.4 is 5.32 Å². The number of carbonyl (C=O) groups is 2. The lowest BCUT2D eigenvalue weighted by atomic mass is 10.1. The van der Waals surface area contributed by atoms with E-state index in [1.807, 2.05) is 0 Å². The van der Waals surface area contributed by atoms with E-state index < -0.39 is 6.10 Å². The molecule has 1 aromatic heterocycles. The van der Waals surface area contributed by atoms with Crippen LogP contribution in [0.15, 0.2) is 18.2 Å². The molecule has 1 aromatic carbocycles. The number of nitrogens with one attached hydrogen (secondary N) is 2. The lowest BCUT2D eigenvalue weighted by molar-refractivity contribution is -0.140. The van der Waals surface area contributed by atoms with Gasteiger partial charge in [-0.2, -0.15) is 5.10 Å². The molecule has 0 radical (unpaired) electrons. The third-order valence-electron chi connectivity index (χ3n) is 4.05. The van der Waals surface area contributed by atoms with Gasteiger partial charge in [-0.1, -0.05) is 11.6 Å². The molecule has 2 atom stereocenters. The lowest BCUT2D eigenvalue weighted by Gasteiger charge is -2.17. The predicted octanol–water partition coefficient (Wildman–Crippen LogP) is 1.58. The zero-order valence-corrected chi connectivity index (χ0v) is 14.3. The fraction of sp³-hybridized carbons (Fsp3) is 0.438. The monoisotopic (exact) mass is 350 g/mol. The summed E-state index contributed by atoms with van der Waals surface area (Å²) in [6, 6.07) is 5.21. The second kappa shape index (κ2) is 6.78. The SMILES string of the molecule is CN(C)C(=O)C1CCC(CNC(=O)c2n[nH]c3ccc(Cl)cc23)O1. The molecule has 0 bridgehead atoms.